The molecule has 1 aromatic carbocycles. The SMILES string of the molecule is CCc1oc(-c2ccccc2)c2c1CC1C=CC=CC1N1CCOC[C@@H]21. The second-order valence-corrected chi connectivity index (χ2v) is 7.42. The molecule has 3 aliphatic rings. The monoisotopic (exact) mass is 347 g/mol. The van der Waals surface area contributed by atoms with Crippen molar-refractivity contribution in [1.29, 1.82) is 0 Å². The van der Waals surface area contributed by atoms with Crippen LogP contribution >= 0.6 is 0 Å². The van der Waals surface area contributed by atoms with E-state index in [4.69, 9.17) is 9.15 Å². The number of hydrogen-bond acceptors (Lipinski definition) is 3. The Labute approximate surface area is 155 Å². The highest BCUT2D eigenvalue weighted by molar-refractivity contribution is 5.65. The first-order valence-electron chi connectivity index (χ1n) is 9.75. The maximum absolute atomic E-state index is 6.46. The molecule has 2 aromatic rings. The molecule has 1 aliphatic carbocycles. The summed E-state index contributed by atoms with van der Waals surface area (Å²) in [6.07, 6.45) is 11.1. The van der Waals surface area contributed by atoms with Gasteiger partial charge in [-0.1, -0.05) is 61.6 Å². The summed E-state index contributed by atoms with van der Waals surface area (Å²) in [7, 11) is 0. The van der Waals surface area contributed by atoms with Gasteiger partial charge in [-0.05, 0) is 12.0 Å². The Morgan fingerprint density at radius 3 is 2.81 bits per heavy atom. The molecule has 0 spiro atoms. The summed E-state index contributed by atoms with van der Waals surface area (Å²) >= 11 is 0. The van der Waals surface area contributed by atoms with Crippen molar-refractivity contribution in [1.82, 2.24) is 4.90 Å². The van der Waals surface area contributed by atoms with Crippen molar-refractivity contribution < 1.29 is 9.15 Å². The van der Waals surface area contributed by atoms with E-state index in [0.717, 1.165) is 44.1 Å². The number of ether oxygens (including phenoxy) is 1. The van der Waals surface area contributed by atoms with Crippen molar-refractivity contribution in [2.75, 3.05) is 19.8 Å². The average molecular weight is 347 g/mol. The van der Waals surface area contributed by atoms with E-state index in [1.165, 1.54) is 16.7 Å². The molecule has 0 bridgehead atoms. The van der Waals surface area contributed by atoms with Crippen LogP contribution in [-0.2, 0) is 17.6 Å². The predicted octanol–water partition coefficient (Wildman–Crippen LogP) is 4.55. The van der Waals surface area contributed by atoms with Crippen LogP contribution in [0.25, 0.3) is 11.3 Å². The summed E-state index contributed by atoms with van der Waals surface area (Å²) in [4.78, 5) is 2.64. The van der Waals surface area contributed by atoms with Gasteiger partial charge in [0.1, 0.15) is 11.5 Å². The topological polar surface area (TPSA) is 25.6 Å². The van der Waals surface area contributed by atoms with E-state index >= 15 is 0 Å². The van der Waals surface area contributed by atoms with Crippen LogP contribution in [0.3, 0.4) is 0 Å². The summed E-state index contributed by atoms with van der Waals surface area (Å²) in [5, 5.41) is 0. The number of morpholine rings is 1. The van der Waals surface area contributed by atoms with Crippen molar-refractivity contribution in [2.24, 2.45) is 5.92 Å². The standard InChI is InChI=1S/C23H25NO2/c1-2-21-18-14-17-10-6-7-11-19(17)24-12-13-25-15-20(24)22(18)23(26-21)16-8-4-3-5-9-16/h3-11,17,19-20H,2,12-15H2,1H3/t17?,19?,20-/m0/s1. The molecule has 1 saturated heterocycles. The summed E-state index contributed by atoms with van der Waals surface area (Å²) in [6.45, 7) is 4.73. The van der Waals surface area contributed by atoms with Gasteiger partial charge in [0, 0.05) is 36.1 Å². The van der Waals surface area contributed by atoms with Gasteiger partial charge < -0.3 is 9.15 Å². The van der Waals surface area contributed by atoms with Crippen molar-refractivity contribution in [3.05, 3.63) is 71.5 Å². The quantitative estimate of drug-likeness (QED) is 0.797. The fourth-order valence-corrected chi connectivity index (χ4v) is 4.84. The highest BCUT2D eigenvalue weighted by Crippen LogP contribution is 2.45. The fourth-order valence-electron chi connectivity index (χ4n) is 4.84. The van der Waals surface area contributed by atoms with Gasteiger partial charge >= 0.3 is 0 Å². The number of furan rings is 1. The molecule has 5 rings (SSSR count). The Balaban J connectivity index is 1.71. The lowest BCUT2D eigenvalue weighted by Gasteiger charge is -2.41. The summed E-state index contributed by atoms with van der Waals surface area (Å²) < 4.78 is 12.4. The number of fused-ring (bicyclic) bond motifs is 5. The second-order valence-electron chi connectivity index (χ2n) is 7.42. The zero-order valence-electron chi connectivity index (χ0n) is 15.2. The molecular formula is C23H25NO2. The van der Waals surface area contributed by atoms with E-state index in [0.29, 0.717) is 12.0 Å². The molecule has 0 N–H and O–H groups in total. The first-order chi connectivity index (χ1) is 12.9. The molecule has 26 heavy (non-hydrogen) atoms. The van der Waals surface area contributed by atoms with E-state index in [2.05, 4.69) is 66.5 Å². The molecule has 1 aromatic heterocycles. The Bertz CT molecular complexity index is 849. The van der Waals surface area contributed by atoms with E-state index < -0.39 is 0 Å². The fraction of sp³-hybridized carbons (Fsp3) is 0.391. The number of benzene rings is 1. The Hall–Kier alpha value is -2.10. The Morgan fingerprint density at radius 1 is 1.12 bits per heavy atom. The zero-order valence-corrected chi connectivity index (χ0v) is 15.2. The van der Waals surface area contributed by atoms with Crippen LogP contribution in [0.15, 0.2) is 59.1 Å². The van der Waals surface area contributed by atoms with Crippen LogP contribution < -0.4 is 0 Å². The van der Waals surface area contributed by atoms with Crippen LogP contribution in [-0.4, -0.2) is 30.7 Å². The summed E-state index contributed by atoms with van der Waals surface area (Å²) in [5.74, 6) is 2.70. The Kier molecular flexibility index (Phi) is 4.07. The molecule has 2 unspecified atom stereocenters. The third-order valence-corrected chi connectivity index (χ3v) is 6.03. The van der Waals surface area contributed by atoms with Gasteiger partial charge in [0.2, 0.25) is 0 Å². The average Bonchev–Trinajstić information content (AvgIpc) is 3.00. The molecule has 0 amide bonds. The van der Waals surface area contributed by atoms with Gasteiger partial charge in [0.25, 0.3) is 0 Å². The van der Waals surface area contributed by atoms with Crippen molar-refractivity contribution >= 4 is 0 Å². The molecule has 3 heteroatoms. The van der Waals surface area contributed by atoms with Crippen LogP contribution in [0.4, 0.5) is 0 Å². The third kappa shape index (κ3) is 2.50. The minimum Gasteiger partial charge on any atom is -0.460 e. The van der Waals surface area contributed by atoms with Crippen LogP contribution in [0.2, 0.25) is 0 Å². The molecule has 3 heterocycles. The predicted molar refractivity (Wildman–Crippen MR) is 103 cm³/mol. The smallest absolute Gasteiger partial charge is 0.139 e. The van der Waals surface area contributed by atoms with E-state index in [1.54, 1.807) is 0 Å². The number of nitrogens with zero attached hydrogens (tertiary/aromatic N) is 1. The second kappa shape index (κ2) is 6.57. The molecule has 2 aliphatic heterocycles. The molecular weight excluding hydrogens is 322 g/mol. The number of aryl methyl sites for hydroxylation is 1. The number of rotatable bonds is 2. The van der Waals surface area contributed by atoms with Gasteiger partial charge in [-0.15, -0.1) is 0 Å². The molecule has 0 radical (unpaired) electrons. The lowest BCUT2D eigenvalue weighted by molar-refractivity contribution is -0.0255. The van der Waals surface area contributed by atoms with Gasteiger partial charge in [0.05, 0.1) is 19.3 Å². The molecule has 0 saturated carbocycles. The van der Waals surface area contributed by atoms with Crippen LogP contribution in [0.1, 0.15) is 29.9 Å². The third-order valence-electron chi connectivity index (χ3n) is 6.03. The number of hydrogen-bond donors (Lipinski definition) is 0. The molecule has 1 fully saturated rings. The first-order valence-corrected chi connectivity index (χ1v) is 9.75. The van der Waals surface area contributed by atoms with Gasteiger partial charge in [-0.3, -0.25) is 4.90 Å². The zero-order chi connectivity index (χ0) is 17.5. The highest BCUT2D eigenvalue weighted by Gasteiger charge is 2.41. The van der Waals surface area contributed by atoms with Crippen molar-refractivity contribution in [3.8, 4) is 11.3 Å². The lowest BCUT2D eigenvalue weighted by atomic mass is 9.88. The minimum absolute atomic E-state index is 0.268. The highest BCUT2D eigenvalue weighted by atomic mass is 16.5. The van der Waals surface area contributed by atoms with Gasteiger partial charge in [-0.2, -0.15) is 0 Å². The summed E-state index contributed by atoms with van der Waals surface area (Å²) in [6, 6.07) is 11.3. The maximum Gasteiger partial charge on any atom is 0.139 e. The molecule has 3 atom stereocenters. The van der Waals surface area contributed by atoms with E-state index in [1.807, 2.05) is 0 Å². The van der Waals surface area contributed by atoms with Gasteiger partial charge in [-0.25, -0.2) is 0 Å². The lowest BCUT2D eigenvalue weighted by Crippen LogP contribution is -2.47. The van der Waals surface area contributed by atoms with Crippen LogP contribution in [0, 0.1) is 5.92 Å². The minimum atomic E-state index is 0.268. The van der Waals surface area contributed by atoms with Crippen molar-refractivity contribution in [3.63, 3.8) is 0 Å². The molecule has 3 nitrogen and oxygen atoms in total. The van der Waals surface area contributed by atoms with E-state index in [9.17, 15) is 0 Å². The summed E-state index contributed by atoms with van der Waals surface area (Å²) in [5.41, 5.74) is 3.95. The first kappa shape index (κ1) is 16.1. The largest absolute Gasteiger partial charge is 0.460 e. The van der Waals surface area contributed by atoms with E-state index in [-0.39, 0.29) is 6.04 Å². The molecule has 134 valence electrons. The number of allylic oxidation sites excluding steroid dienone is 2. The van der Waals surface area contributed by atoms with Gasteiger partial charge in [0.15, 0.2) is 0 Å². The van der Waals surface area contributed by atoms with Crippen molar-refractivity contribution in [2.45, 2.75) is 31.8 Å². The van der Waals surface area contributed by atoms with Crippen LogP contribution in [0.5, 0.6) is 0 Å². The Morgan fingerprint density at radius 2 is 1.96 bits per heavy atom. The normalized spacial score (nSPS) is 27.5. The maximum atomic E-state index is 6.46.